The van der Waals surface area contributed by atoms with Gasteiger partial charge in [-0.15, -0.1) is 0 Å². The molecule has 4 nitrogen and oxygen atoms in total. The Morgan fingerprint density at radius 2 is 1.82 bits per heavy atom. The topological polar surface area (TPSA) is 49.4 Å². The second-order valence-corrected chi connectivity index (χ2v) is 4.77. The molecule has 1 N–H and O–H groups in total. The zero-order chi connectivity index (χ0) is 15.9. The van der Waals surface area contributed by atoms with Crippen LogP contribution in [0.5, 0.6) is 0 Å². The van der Waals surface area contributed by atoms with Gasteiger partial charge in [-0.2, -0.15) is 0 Å². The molecule has 0 aromatic heterocycles. The first-order valence-corrected chi connectivity index (χ1v) is 7.00. The van der Waals surface area contributed by atoms with Crippen LogP contribution in [0.3, 0.4) is 0 Å². The van der Waals surface area contributed by atoms with Gasteiger partial charge in [0.05, 0.1) is 0 Å². The minimum atomic E-state index is -0.775. The van der Waals surface area contributed by atoms with E-state index < -0.39 is 17.6 Å². The lowest BCUT2D eigenvalue weighted by atomic mass is 10.2. The molecule has 5 heteroatoms. The number of anilines is 1. The van der Waals surface area contributed by atoms with Gasteiger partial charge in [-0.3, -0.25) is 9.59 Å². The van der Waals surface area contributed by atoms with Crippen LogP contribution in [0.25, 0.3) is 0 Å². The predicted molar refractivity (Wildman–Crippen MR) is 82.6 cm³/mol. The Labute approximate surface area is 128 Å². The molecule has 0 bridgehead atoms. The monoisotopic (exact) mass is 300 g/mol. The summed E-state index contributed by atoms with van der Waals surface area (Å²) in [7, 11) is 0. The Hall–Kier alpha value is -2.69. The fourth-order valence-corrected chi connectivity index (χ4v) is 2.03. The zero-order valence-electron chi connectivity index (χ0n) is 12.3. The summed E-state index contributed by atoms with van der Waals surface area (Å²) >= 11 is 0. The number of carbonyl (C=O) groups is 2. The van der Waals surface area contributed by atoms with Crippen molar-refractivity contribution in [1.29, 1.82) is 0 Å². The summed E-state index contributed by atoms with van der Waals surface area (Å²) in [5.74, 6) is -1.89. The number of rotatable bonds is 4. The largest absolute Gasteiger partial charge is 0.330 e. The van der Waals surface area contributed by atoms with Crippen LogP contribution in [0, 0.1) is 5.82 Å². The second kappa shape index (κ2) is 7.36. The van der Waals surface area contributed by atoms with E-state index in [0.29, 0.717) is 13.1 Å². The Morgan fingerprint density at radius 1 is 1.09 bits per heavy atom. The third kappa shape index (κ3) is 4.15. The van der Waals surface area contributed by atoms with Gasteiger partial charge in [-0.25, -0.2) is 4.39 Å². The van der Waals surface area contributed by atoms with Crippen LogP contribution in [-0.2, 0) is 16.1 Å². The van der Waals surface area contributed by atoms with Crippen molar-refractivity contribution in [2.45, 2.75) is 13.5 Å². The second-order valence-electron chi connectivity index (χ2n) is 4.77. The predicted octanol–water partition coefficient (Wildman–Crippen LogP) is 2.81. The van der Waals surface area contributed by atoms with Crippen molar-refractivity contribution in [3.05, 3.63) is 66.0 Å². The summed E-state index contributed by atoms with van der Waals surface area (Å²) in [5, 5.41) is 2.41. The van der Waals surface area contributed by atoms with Gasteiger partial charge in [-0.1, -0.05) is 36.4 Å². The number of hydrogen-bond acceptors (Lipinski definition) is 2. The molecule has 0 atom stereocenters. The van der Waals surface area contributed by atoms with Crippen LogP contribution in [-0.4, -0.2) is 23.3 Å². The molecule has 0 aliphatic rings. The van der Waals surface area contributed by atoms with Gasteiger partial charge in [0.15, 0.2) is 0 Å². The maximum atomic E-state index is 13.1. The number of hydrogen-bond donors (Lipinski definition) is 1. The molecular formula is C17H17FN2O2. The van der Waals surface area contributed by atoms with E-state index in [4.69, 9.17) is 0 Å². The SMILES string of the molecule is CCN(Cc1ccccc1)C(=O)C(=O)Nc1cccc(F)c1. The lowest BCUT2D eigenvalue weighted by molar-refractivity contribution is -0.143. The van der Waals surface area contributed by atoms with Crippen LogP contribution in [0.4, 0.5) is 10.1 Å². The van der Waals surface area contributed by atoms with Gasteiger partial charge in [0.25, 0.3) is 0 Å². The highest BCUT2D eigenvalue weighted by Gasteiger charge is 2.20. The summed E-state index contributed by atoms with van der Waals surface area (Å²) in [6.07, 6.45) is 0. The third-order valence-corrected chi connectivity index (χ3v) is 3.16. The van der Waals surface area contributed by atoms with Gasteiger partial charge < -0.3 is 10.2 Å². The Bertz CT molecular complexity index is 659. The average molecular weight is 300 g/mol. The van der Waals surface area contributed by atoms with Crippen molar-refractivity contribution < 1.29 is 14.0 Å². The smallest absolute Gasteiger partial charge is 0.313 e. The first-order valence-electron chi connectivity index (χ1n) is 7.00. The van der Waals surface area contributed by atoms with Crippen molar-refractivity contribution in [2.24, 2.45) is 0 Å². The summed E-state index contributed by atoms with van der Waals surface area (Å²) < 4.78 is 13.1. The summed E-state index contributed by atoms with van der Waals surface area (Å²) in [5.41, 5.74) is 1.20. The molecule has 2 amide bonds. The molecule has 114 valence electrons. The van der Waals surface area contributed by atoms with Crippen molar-refractivity contribution in [1.82, 2.24) is 4.90 Å². The number of benzene rings is 2. The van der Waals surface area contributed by atoms with Gasteiger partial charge in [0.2, 0.25) is 0 Å². The van der Waals surface area contributed by atoms with E-state index in [1.54, 1.807) is 6.92 Å². The van der Waals surface area contributed by atoms with E-state index in [2.05, 4.69) is 5.32 Å². The van der Waals surface area contributed by atoms with Crippen molar-refractivity contribution in [3.8, 4) is 0 Å². The maximum absolute atomic E-state index is 13.1. The Balaban J connectivity index is 2.03. The number of amides is 2. The number of halogens is 1. The minimum Gasteiger partial charge on any atom is -0.330 e. The number of nitrogens with zero attached hydrogens (tertiary/aromatic N) is 1. The minimum absolute atomic E-state index is 0.258. The fraction of sp³-hybridized carbons (Fsp3) is 0.176. The van der Waals surface area contributed by atoms with E-state index in [-0.39, 0.29) is 5.69 Å². The standard InChI is InChI=1S/C17H17FN2O2/c1-2-20(12-13-7-4-3-5-8-13)17(22)16(21)19-15-10-6-9-14(18)11-15/h3-11H,2,12H2,1H3,(H,19,21). The highest BCUT2D eigenvalue weighted by molar-refractivity contribution is 6.39. The fourth-order valence-electron chi connectivity index (χ4n) is 2.03. The van der Waals surface area contributed by atoms with E-state index in [1.807, 2.05) is 30.3 Å². The van der Waals surface area contributed by atoms with E-state index >= 15 is 0 Å². The highest BCUT2D eigenvalue weighted by Crippen LogP contribution is 2.10. The molecule has 22 heavy (non-hydrogen) atoms. The lowest BCUT2D eigenvalue weighted by Crippen LogP contribution is -2.39. The molecule has 0 aliphatic carbocycles. The first kappa shape index (κ1) is 15.7. The van der Waals surface area contributed by atoms with Crippen LogP contribution in [0.2, 0.25) is 0 Å². The molecule has 2 aromatic carbocycles. The molecule has 0 saturated heterocycles. The zero-order valence-corrected chi connectivity index (χ0v) is 12.3. The summed E-state index contributed by atoms with van der Waals surface area (Å²) in [6.45, 7) is 2.56. The normalized spacial score (nSPS) is 10.1. The van der Waals surface area contributed by atoms with Gasteiger partial charge in [-0.05, 0) is 30.7 Å². The van der Waals surface area contributed by atoms with Gasteiger partial charge in [0, 0.05) is 18.8 Å². The van der Waals surface area contributed by atoms with E-state index in [9.17, 15) is 14.0 Å². The number of nitrogens with one attached hydrogen (secondary N) is 1. The molecule has 0 fully saturated rings. The Kier molecular flexibility index (Phi) is 5.25. The van der Waals surface area contributed by atoms with Crippen molar-refractivity contribution in [3.63, 3.8) is 0 Å². The van der Waals surface area contributed by atoms with Gasteiger partial charge in [0.1, 0.15) is 5.82 Å². The highest BCUT2D eigenvalue weighted by atomic mass is 19.1. The van der Waals surface area contributed by atoms with E-state index in [0.717, 1.165) is 5.56 Å². The summed E-state index contributed by atoms with van der Waals surface area (Å²) in [4.78, 5) is 25.6. The van der Waals surface area contributed by atoms with E-state index in [1.165, 1.54) is 29.2 Å². The van der Waals surface area contributed by atoms with Crippen LogP contribution >= 0.6 is 0 Å². The molecule has 0 unspecified atom stereocenters. The van der Waals surface area contributed by atoms with Crippen LogP contribution < -0.4 is 5.32 Å². The molecule has 2 rings (SSSR count). The molecule has 0 saturated carbocycles. The Morgan fingerprint density at radius 3 is 2.45 bits per heavy atom. The molecular weight excluding hydrogens is 283 g/mol. The summed E-state index contributed by atoms with van der Waals surface area (Å²) in [6, 6.07) is 14.8. The molecule has 0 aliphatic heterocycles. The first-order chi connectivity index (χ1) is 10.6. The number of likely N-dealkylation sites (N-methyl/N-ethyl adjacent to an activating group) is 1. The van der Waals surface area contributed by atoms with Crippen molar-refractivity contribution in [2.75, 3.05) is 11.9 Å². The third-order valence-electron chi connectivity index (χ3n) is 3.16. The van der Waals surface area contributed by atoms with Crippen molar-refractivity contribution >= 4 is 17.5 Å². The molecule has 2 aromatic rings. The van der Waals surface area contributed by atoms with Crippen LogP contribution in [0.1, 0.15) is 12.5 Å². The molecule has 0 heterocycles. The van der Waals surface area contributed by atoms with Gasteiger partial charge >= 0.3 is 11.8 Å². The maximum Gasteiger partial charge on any atom is 0.313 e. The lowest BCUT2D eigenvalue weighted by Gasteiger charge is -2.20. The average Bonchev–Trinajstić information content (AvgIpc) is 2.53. The molecule has 0 radical (unpaired) electrons. The van der Waals surface area contributed by atoms with Crippen LogP contribution in [0.15, 0.2) is 54.6 Å². The quantitative estimate of drug-likeness (QED) is 0.883. The number of carbonyl (C=O) groups excluding carboxylic acids is 2. The molecule has 0 spiro atoms.